The molecule has 1 aliphatic rings. The Balaban J connectivity index is 2.60. The van der Waals surface area contributed by atoms with Crippen molar-refractivity contribution in [3.8, 4) is 0 Å². The number of likely N-dealkylation sites (N-methyl/N-ethyl adjacent to an activating group) is 1. The van der Waals surface area contributed by atoms with Crippen LogP contribution < -0.4 is 5.73 Å². The van der Waals surface area contributed by atoms with Crippen LogP contribution in [0, 0.1) is 5.92 Å². The first-order valence-electron chi connectivity index (χ1n) is 6.46. The third kappa shape index (κ3) is 4.40. The Bertz CT molecular complexity index is 242. The van der Waals surface area contributed by atoms with E-state index in [9.17, 15) is 13.2 Å². The number of nitrogens with zero attached hydrogens (tertiary/aromatic N) is 1. The van der Waals surface area contributed by atoms with E-state index in [0.717, 1.165) is 19.4 Å². The zero-order valence-electron chi connectivity index (χ0n) is 11.0. The van der Waals surface area contributed by atoms with Gasteiger partial charge in [-0.2, -0.15) is 13.2 Å². The van der Waals surface area contributed by atoms with Crippen molar-refractivity contribution in [2.24, 2.45) is 11.7 Å². The van der Waals surface area contributed by atoms with E-state index in [4.69, 9.17) is 10.5 Å². The van der Waals surface area contributed by atoms with Crippen molar-refractivity contribution in [1.29, 1.82) is 0 Å². The Morgan fingerprint density at radius 3 is 2.56 bits per heavy atom. The SMILES string of the molecule is CCC(N)C(N(C)CC1CCCOC1)C(F)(F)F. The Labute approximate surface area is 106 Å². The van der Waals surface area contributed by atoms with Gasteiger partial charge in [-0.05, 0) is 32.2 Å². The van der Waals surface area contributed by atoms with Crippen LogP contribution in [-0.2, 0) is 4.74 Å². The van der Waals surface area contributed by atoms with Gasteiger partial charge in [0.2, 0.25) is 0 Å². The second-order valence-electron chi connectivity index (χ2n) is 5.08. The van der Waals surface area contributed by atoms with Gasteiger partial charge in [0, 0.05) is 19.2 Å². The molecule has 1 heterocycles. The van der Waals surface area contributed by atoms with Gasteiger partial charge in [0.1, 0.15) is 6.04 Å². The normalized spacial score (nSPS) is 25.2. The number of alkyl halides is 3. The molecular weight excluding hydrogens is 245 g/mol. The summed E-state index contributed by atoms with van der Waals surface area (Å²) in [5.41, 5.74) is 5.62. The minimum absolute atomic E-state index is 0.178. The van der Waals surface area contributed by atoms with Crippen molar-refractivity contribution in [2.45, 2.75) is 44.4 Å². The van der Waals surface area contributed by atoms with E-state index < -0.39 is 18.3 Å². The molecule has 0 amide bonds. The van der Waals surface area contributed by atoms with Gasteiger partial charge in [-0.1, -0.05) is 6.92 Å². The highest BCUT2D eigenvalue weighted by Gasteiger charge is 2.45. The van der Waals surface area contributed by atoms with Gasteiger partial charge in [-0.3, -0.25) is 4.90 Å². The average Bonchev–Trinajstić information content (AvgIpc) is 2.28. The fourth-order valence-electron chi connectivity index (χ4n) is 2.51. The Hall–Kier alpha value is -0.330. The Morgan fingerprint density at radius 2 is 2.11 bits per heavy atom. The minimum atomic E-state index is -4.28. The van der Waals surface area contributed by atoms with Crippen LogP contribution in [0.2, 0.25) is 0 Å². The second-order valence-corrected chi connectivity index (χ2v) is 5.08. The van der Waals surface area contributed by atoms with Crippen molar-refractivity contribution in [3.05, 3.63) is 0 Å². The lowest BCUT2D eigenvalue weighted by atomic mass is 9.99. The van der Waals surface area contributed by atoms with E-state index in [1.165, 1.54) is 11.9 Å². The van der Waals surface area contributed by atoms with Gasteiger partial charge >= 0.3 is 6.18 Å². The highest BCUT2D eigenvalue weighted by Crippen LogP contribution is 2.28. The number of nitrogens with two attached hydrogens (primary N) is 1. The number of hydrogen-bond acceptors (Lipinski definition) is 3. The van der Waals surface area contributed by atoms with Gasteiger partial charge < -0.3 is 10.5 Å². The van der Waals surface area contributed by atoms with Crippen LogP contribution in [-0.4, -0.2) is 50.0 Å². The summed E-state index contributed by atoms with van der Waals surface area (Å²) in [5.74, 6) is 0.178. The predicted octanol–water partition coefficient (Wildman–Crippen LogP) is 2.01. The van der Waals surface area contributed by atoms with E-state index in [1.54, 1.807) is 6.92 Å². The maximum Gasteiger partial charge on any atom is 0.405 e. The minimum Gasteiger partial charge on any atom is -0.381 e. The van der Waals surface area contributed by atoms with Gasteiger partial charge in [-0.25, -0.2) is 0 Å². The second kappa shape index (κ2) is 6.73. The molecule has 0 aromatic heterocycles. The van der Waals surface area contributed by atoms with E-state index in [-0.39, 0.29) is 5.92 Å². The standard InChI is InChI=1S/C12H23F3N2O/c1-3-10(16)11(12(13,14)15)17(2)7-9-5-4-6-18-8-9/h9-11H,3-8,16H2,1-2H3. The first-order valence-corrected chi connectivity index (χ1v) is 6.46. The van der Waals surface area contributed by atoms with E-state index >= 15 is 0 Å². The first-order chi connectivity index (χ1) is 8.36. The highest BCUT2D eigenvalue weighted by molar-refractivity contribution is 4.87. The van der Waals surface area contributed by atoms with Crippen LogP contribution in [0.25, 0.3) is 0 Å². The number of hydrogen-bond donors (Lipinski definition) is 1. The summed E-state index contributed by atoms with van der Waals surface area (Å²) in [6.45, 7) is 3.34. The first kappa shape index (κ1) is 15.7. The summed E-state index contributed by atoms with van der Waals surface area (Å²) in [6, 6.07) is -2.44. The van der Waals surface area contributed by atoms with E-state index in [0.29, 0.717) is 19.6 Å². The van der Waals surface area contributed by atoms with E-state index in [1.807, 2.05) is 0 Å². The summed E-state index contributed by atoms with van der Waals surface area (Å²) >= 11 is 0. The van der Waals surface area contributed by atoms with Crippen molar-refractivity contribution in [1.82, 2.24) is 4.90 Å². The zero-order chi connectivity index (χ0) is 13.8. The molecule has 3 nitrogen and oxygen atoms in total. The molecular formula is C12H23F3N2O. The van der Waals surface area contributed by atoms with Crippen LogP contribution in [0.15, 0.2) is 0 Å². The zero-order valence-corrected chi connectivity index (χ0v) is 11.0. The van der Waals surface area contributed by atoms with Gasteiger partial charge in [0.15, 0.2) is 0 Å². The third-order valence-corrected chi connectivity index (χ3v) is 3.49. The topological polar surface area (TPSA) is 38.5 Å². The molecule has 1 saturated heterocycles. The maximum atomic E-state index is 13.0. The quantitative estimate of drug-likeness (QED) is 0.829. The molecule has 0 bridgehead atoms. The van der Waals surface area contributed by atoms with Crippen molar-refractivity contribution in [3.63, 3.8) is 0 Å². The number of ether oxygens (including phenoxy) is 1. The van der Waals surface area contributed by atoms with Gasteiger partial charge in [0.05, 0.1) is 6.61 Å². The molecule has 0 spiro atoms. The van der Waals surface area contributed by atoms with Crippen LogP contribution in [0.5, 0.6) is 0 Å². The summed E-state index contributed by atoms with van der Waals surface area (Å²) in [6.07, 6.45) is -2.11. The van der Waals surface area contributed by atoms with Crippen LogP contribution in [0.1, 0.15) is 26.2 Å². The van der Waals surface area contributed by atoms with Crippen LogP contribution in [0.4, 0.5) is 13.2 Å². The summed E-state index contributed by atoms with van der Waals surface area (Å²) in [4.78, 5) is 1.34. The van der Waals surface area contributed by atoms with Crippen molar-refractivity contribution >= 4 is 0 Å². The molecule has 0 aliphatic carbocycles. The molecule has 3 atom stereocenters. The molecule has 1 aliphatic heterocycles. The summed E-state index contributed by atoms with van der Waals surface area (Å²) < 4.78 is 44.3. The fourth-order valence-corrected chi connectivity index (χ4v) is 2.51. The fraction of sp³-hybridized carbons (Fsp3) is 1.00. The summed E-state index contributed by atoms with van der Waals surface area (Å²) in [7, 11) is 1.50. The number of halogens is 3. The van der Waals surface area contributed by atoms with Gasteiger partial charge in [-0.15, -0.1) is 0 Å². The molecule has 108 valence electrons. The van der Waals surface area contributed by atoms with Crippen molar-refractivity contribution in [2.75, 3.05) is 26.8 Å². The summed E-state index contributed by atoms with van der Waals surface area (Å²) in [5, 5.41) is 0. The molecule has 3 unspecified atom stereocenters. The molecule has 6 heteroatoms. The van der Waals surface area contributed by atoms with Gasteiger partial charge in [0.25, 0.3) is 0 Å². The van der Waals surface area contributed by atoms with Crippen LogP contribution >= 0.6 is 0 Å². The predicted molar refractivity (Wildman–Crippen MR) is 64.3 cm³/mol. The lowest BCUT2D eigenvalue weighted by molar-refractivity contribution is -0.188. The lowest BCUT2D eigenvalue weighted by Gasteiger charge is -2.36. The molecule has 1 rings (SSSR count). The average molecular weight is 268 g/mol. The molecule has 18 heavy (non-hydrogen) atoms. The Kier molecular flexibility index (Phi) is 5.88. The highest BCUT2D eigenvalue weighted by atomic mass is 19.4. The molecule has 0 aromatic rings. The molecule has 2 N–H and O–H groups in total. The van der Waals surface area contributed by atoms with E-state index in [2.05, 4.69) is 0 Å². The van der Waals surface area contributed by atoms with Crippen LogP contribution in [0.3, 0.4) is 0 Å². The molecule has 0 aromatic carbocycles. The lowest BCUT2D eigenvalue weighted by Crippen LogP contribution is -2.55. The molecule has 0 saturated carbocycles. The monoisotopic (exact) mass is 268 g/mol. The Morgan fingerprint density at radius 1 is 1.44 bits per heavy atom. The third-order valence-electron chi connectivity index (χ3n) is 3.49. The largest absolute Gasteiger partial charge is 0.405 e. The molecule has 1 fully saturated rings. The molecule has 0 radical (unpaired) electrons. The number of rotatable bonds is 5. The maximum absolute atomic E-state index is 13.0. The van der Waals surface area contributed by atoms with Crippen molar-refractivity contribution < 1.29 is 17.9 Å². The smallest absolute Gasteiger partial charge is 0.381 e.